The van der Waals surface area contributed by atoms with E-state index in [1.165, 1.54) is 11.8 Å². The molecule has 4 N–H and O–H groups in total. The van der Waals surface area contributed by atoms with Gasteiger partial charge in [-0.2, -0.15) is 4.98 Å². The summed E-state index contributed by atoms with van der Waals surface area (Å²) in [6.45, 7) is 1.86. The van der Waals surface area contributed by atoms with Crippen LogP contribution in [-0.4, -0.2) is 75.4 Å². The van der Waals surface area contributed by atoms with Gasteiger partial charge in [-0.05, 0) is 48.7 Å². The van der Waals surface area contributed by atoms with Gasteiger partial charge in [0.15, 0.2) is 0 Å². The van der Waals surface area contributed by atoms with Gasteiger partial charge in [0.2, 0.25) is 17.0 Å². The molecule has 222 valence electrons. The Hall–Kier alpha value is -4.18. The van der Waals surface area contributed by atoms with Crippen molar-refractivity contribution < 1.29 is 24.4 Å². The molecule has 15 heteroatoms. The van der Waals surface area contributed by atoms with Gasteiger partial charge in [-0.15, -0.1) is 5.10 Å². The molecule has 5 rings (SSSR count). The molecule has 1 aliphatic rings. The number of rotatable bonds is 13. The van der Waals surface area contributed by atoms with Crippen LogP contribution in [0.25, 0.3) is 0 Å². The first-order valence-electron chi connectivity index (χ1n) is 13.8. The van der Waals surface area contributed by atoms with Gasteiger partial charge < -0.3 is 14.8 Å². The first kappa shape index (κ1) is 30.3. The Morgan fingerprint density at radius 1 is 1.00 bits per heavy atom. The highest BCUT2D eigenvalue weighted by atomic mass is 32.2. The van der Waals surface area contributed by atoms with Gasteiger partial charge >= 0.3 is 13.1 Å². The van der Waals surface area contributed by atoms with Crippen molar-refractivity contribution in [3.63, 3.8) is 0 Å². The summed E-state index contributed by atoms with van der Waals surface area (Å²) in [5.74, 6) is -1.07. The van der Waals surface area contributed by atoms with Crippen LogP contribution in [0.1, 0.15) is 41.9 Å². The average molecular weight is 602 g/mol. The van der Waals surface area contributed by atoms with Crippen molar-refractivity contribution in [2.75, 3.05) is 5.32 Å². The SMILES string of the molecule is O=C(O)C[C@@H]1CC[C@H](Sc2n[nH]c(NC(=O)Cc3ccc(CN(Cc4ccccn4)Cc4ccccn4)nc3)n2)B(O)O1. The normalized spacial score (nSPS) is 16.7. The molecule has 1 fully saturated rings. The number of carboxylic acid groups (broad SMARTS) is 1. The predicted molar refractivity (Wildman–Crippen MR) is 158 cm³/mol. The zero-order chi connectivity index (χ0) is 30.0. The second kappa shape index (κ2) is 14.8. The smallest absolute Gasteiger partial charge is 0.468 e. The van der Waals surface area contributed by atoms with Crippen LogP contribution >= 0.6 is 11.8 Å². The van der Waals surface area contributed by atoms with Crippen LogP contribution in [0.15, 0.2) is 72.3 Å². The maximum atomic E-state index is 12.7. The summed E-state index contributed by atoms with van der Waals surface area (Å²) < 4.78 is 5.41. The van der Waals surface area contributed by atoms with E-state index in [2.05, 4.69) is 40.3 Å². The Balaban J connectivity index is 1.12. The lowest BCUT2D eigenvalue weighted by Gasteiger charge is -2.29. The number of nitrogens with one attached hydrogen (secondary N) is 2. The Morgan fingerprint density at radius 2 is 1.70 bits per heavy atom. The second-order valence-corrected chi connectivity index (χ2v) is 11.3. The summed E-state index contributed by atoms with van der Waals surface area (Å²) in [6, 6.07) is 15.5. The molecule has 1 aliphatic heterocycles. The first-order valence-corrected chi connectivity index (χ1v) is 14.7. The highest BCUT2D eigenvalue weighted by molar-refractivity contribution is 8.01. The molecule has 0 bridgehead atoms. The summed E-state index contributed by atoms with van der Waals surface area (Å²) in [5, 5.41) is 28.6. The van der Waals surface area contributed by atoms with Gasteiger partial charge in [-0.25, -0.2) is 5.10 Å². The molecule has 0 aliphatic carbocycles. The maximum absolute atomic E-state index is 12.7. The fraction of sp³-hybridized carbons (Fsp3) is 0.321. The van der Waals surface area contributed by atoms with Crippen molar-refractivity contribution in [3.8, 4) is 0 Å². The highest BCUT2D eigenvalue weighted by Gasteiger charge is 2.37. The number of carboxylic acids is 1. The monoisotopic (exact) mass is 602 g/mol. The van der Waals surface area contributed by atoms with E-state index in [4.69, 9.17) is 9.76 Å². The summed E-state index contributed by atoms with van der Waals surface area (Å²) in [5.41, 5.74) is 3.51. The number of thioether (sulfide) groups is 1. The number of nitrogens with zero attached hydrogens (tertiary/aromatic N) is 6. The highest BCUT2D eigenvalue weighted by Crippen LogP contribution is 2.31. The van der Waals surface area contributed by atoms with Crippen molar-refractivity contribution >= 4 is 36.7 Å². The lowest BCUT2D eigenvalue weighted by atomic mass is 9.77. The van der Waals surface area contributed by atoms with E-state index in [-0.39, 0.29) is 29.8 Å². The number of aromatic nitrogens is 6. The van der Waals surface area contributed by atoms with Crippen LogP contribution in [0.2, 0.25) is 0 Å². The lowest BCUT2D eigenvalue weighted by molar-refractivity contribution is -0.139. The third kappa shape index (κ3) is 9.41. The van der Waals surface area contributed by atoms with Gasteiger partial charge in [0.1, 0.15) is 0 Å². The summed E-state index contributed by atoms with van der Waals surface area (Å²) in [7, 11) is -1.13. The van der Waals surface area contributed by atoms with Crippen molar-refractivity contribution in [1.29, 1.82) is 0 Å². The molecule has 43 heavy (non-hydrogen) atoms. The van der Waals surface area contributed by atoms with Crippen LogP contribution in [0, 0.1) is 0 Å². The van der Waals surface area contributed by atoms with Gasteiger partial charge in [0.05, 0.1) is 36.0 Å². The van der Waals surface area contributed by atoms with E-state index in [9.17, 15) is 14.6 Å². The minimum atomic E-state index is -1.13. The number of aliphatic carboxylic acids is 1. The summed E-state index contributed by atoms with van der Waals surface area (Å²) >= 11 is 1.20. The Morgan fingerprint density at radius 3 is 2.28 bits per heavy atom. The molecule has 0 unspecified atom stereocenters. The van der Waals surface area contributed by atoms with Crippen LogP contribution in [0.4, 0.5) is 5.95 Å². The van der Waals surface area contributed by atoms with E-state index in [1.807, 2.05) is 48.5 Å². The molecule has 5 heterocycles. The number of hydrogen-bond donors (Lipinski definition) is 4. The molecule has 0 saturated carbocycles. The van der Waals surface area contributed by atoms with Crippen LogP contribution in [0.5, 0.6) is 0 Å². The molecule has 1 saturated heterocycles. The Kier molecular flexibility index (Phi) is 10.4. The van der Waals surface area contributed by atoms with Gasteiger partial charge in [-0.3, -0.25) is 34.8 Å². The van der Waals surface area contributed by atoms with Crippen molar-refractivity contribution in [2.45, 2.75) is 61.7 Å². The summed E-state index contributed by atoms with van der Waals surface area (Å²) in [4.78, 5) is 43.5. The van der Waals surface area contributed by atoms with E-state index in [1.54, 1.807) is 18.6 Å². The van der Waals surface area contributed by atoms with Crippen molar-refractivity contribution in [2.24, 2.45) is 0 Å². The number of carbonyl (C=O) groups excluding carboxylic acids is 1. The number of amides is 1. The molecule has 0 spiro atoms. The molecular weight excluding hydrogens is 571 g/mol. The van der Waals surface area contributed by atoms with E-state index < -0.39 is 19.2 Å². The maximum Gasteiger partial charge on any atom is 0.468 e. The number of H-pyrrole nitrogens is 1. The fourth-order valence-electron chi connectivity index (χ4n) is 4.65. The topological polar surface area (TPSA) is 179 Å². The number of hydrogen-bond acceptors (Lipinski definition) is 11. The van der Waals surface area contributed by atoms with E-state index in [0.29, 0.717) is 37.6 Å². The molecular formula is C28H31BN8O5S. The molecule has 0 aromatic carbocycles. The second-order valence-electron chi connectivity index (χ2n) is 10.1. The first-order chi connectivity index (χ1) is 20.9. The Bertz CT molecular complexity index is 1440. The molecule has 4 aromatic heterocycles. The number of anilines is 1. The summed E-state index contributed by atoms with van der Waals surface area (Å²) in [6.07, 6.45) is 5.73. The zero-order valence-electron chi connectivity index (χ0n) is 23.2. The van der Waals surface area contributed by atoms with E-state index >= 15 is 0 Å². The number of pyridine rings is 3. The quantitative estimate of drug-likeness (QED) is 0.165. The molecule has 0 radical (unpaired) electrons. The molecule has 4 aromatic rings. The van der Waals surface area contributed by atoms with Gasteiger partial charge in [0.25, 0.3) is 0 Å². The average Bonchev–Trinajstić information content (AvgIpc) is 3.42. The van der Waals surface area contributed by atoms with Gasteiger partial charge in [-0.1, -0.05) is 30.0 Å². The minimum Gasteiger partial charge on any atom is -0.481 e. The number of carbonyl (C=O) groups is 2. The van der Waals surface area contributed by atoms with Gasteiger partial charge in [0, 0.05) is 43.4 Å². The standard InChI is InChI=1S/C28H31BN8O5S/c38-25(33-27-34-28(36-35-27)43-24-10-9-23(14-26(39)40)42-29(24)41)13-19-7-8-22(32-15-19)18-37(16-20-5-1-3-11-30-20)17-21-6-2-4-12-31-21/h1-8,11-12,15,23-24,41H,9-10,13-14,16-18H2,(H,39,40)(H2,33,34,35,36,38)/t23-,24-/m0/s1. The Labute approximate surface area is 252 Å². The zero-order valence-corrected chi connectivity index (χ0v) is 24.1. The third-order valence-electron chi connectivity index (χ3n) is 6.66. The van der Waals surface area contributed by atoms with Crippen LogP contribution in [-0.2, 0) is 40.3 Å². The molecule has 2 atom stereocenters. The van der Waals surface area contributed by atoms with Crippen molar-refractivity contribution in [3.05, 3.63) is 89.8 Å². The third-order valence-corrected chi connectivity index (χ3v) is 7.83. The van der Waals surface area contributed by atoms with Crippen LogP contribution in [0.3, 0.4) is 0 Å². The lowest BCUT2D eigenvalue weighted by Crippen LogP contribution is -2.42. The largest absolute Gasteiger partial charge is 0.481 e. The van der Waals surface area contributed by atoms with Crippen LogP contribution < -0.4 is 5.32 Å². The number of aromatic amines is 1. The molecule has 13 nitrogen and oxygen atoms in total. The fourth-order valence-corrected chi connectivity index (χ4v) is 5.60. The predicted octanol–water partition coefficient (Wildman–Crippen LogP) is 2.51. The minimum absolute atomic E-state index is 0.0994. The van der Waals surface area contributed by atoms with Crippen molar-refractivity contribution in [1.82, 2.24) is 35.0 Å². The molecule has 1 amide bonds. The van der Waals surface area contributed by atoms with E-state index in [0.717, 1.165) is 22.6 Å².